The Bertz CT molecular complexity index is 1370. The summed E-state index contributed by atoms with van der Waals surface area (Å²) in [5.41, 5.74) is 7.48. The predicted octanol–water partition coefficient (Wildman–Crippen LogP) is 8.67. The minimum atomic E-state index is 0.826. The summed E-state index contributed by atoms with van der Waals surface area (Å²) >= 11 is 0. The third-order valence-corrected chi connectivity index (χ3v) is 5.86. The molecule has 6 rings (SSSR count). The van der Waals surface area contributed by atoms with E-state index in [4.69, 9.17) is 4.74 Å². The molecule has 1 N–H and O–H groups in total. The number of anilines is 5. The Morgan fingerprint density at radius 1 is 0.485 bits per heavy atom. The Labute approximate surface area is 193 Å². The van der Waals surface area contributed by atoms with Crippen LogP contribution in [0.1, 0.15) is 0 Å². The van der Waals surface area contributed by atoms with Crippen molar-refractivity contribution in [2.24, 2.45) is 0 Å². The van der Waals surface area contributed by atoms with E-state index in [1.807, 2.05) is 42.5 Å². The molecule has 3 nitrogen and oxygen atoms in total. The quantitative estimate of drug-likeness (QED) is 0.305. The average Bonchev–Trinajstić information content (AvgIpc) is 2.89. The molecule has 0 amide bonds. The first-order chi connectivity index (χ1) is 16.4. The van der Waals surface area contributed by atoms with E-state index in [0.717, 1.165) is 51.1 Å². The fourth-order valence-electron chi connectivity index (χ4n) is 4.36. The van der Waals surface area contributed by atoms with Crippen LogP contribution < -0.4 is 15.0 Å². The van der Waals surface area contributed by atoms with E-state index < -0.39 is 0 Å². The lowest BCUT2D eigenvalue weighted by Gasteiger charge is -2.29. The highest BCUT2D eigenvalue weighted by molar-refractivity contribution is 5.96. The van der Waals surface area contributed by atoms with Gasteiger partial charge in [-0.3, -0.25) is 0 Å². The van der Waals surface area contributed by atoms with Crippen LogP contribution in [0.5, 0.6) is 11.5 Å². The molecule has 1 heterocycles. The Morgan fingerprint density at radius 3 is 1.82 bits per heavy atom. The van der Waals surface area contributed by atoms with Gasteiger partial charge in [-0.2, -0.15) is 0 Å². The van der Waals surface area contributed by atoms with Crippen LogP contribution in [-0.4, -0.2) is 0 Å². The summed E-state index contributed by atoms with van der Waals surface area (Å²) in [6.07, 6.45) is 0. The van der Waals surface area contributed by atoms with Crippen LogP contribution in [0.4, 0.5) is 28.4 Å². The lowest BCUT2D eigenvalue weighted by Crippen LogP contribution is -2.11. The van der Waals surface area contributed by atoms with E-state index in [1.54, 1.807) is 0 Å². The highest BCUT2D eigenvalue weighted by Gasteiger charge is 2.23. The van der Waals surface area contributed by atoms with Crippen molar-refractivity contribution in [2.75, 3.05) is 10.2 Å². The van der Waals surface area contributed by atoms with Crippen LogP contribution in [0.15, 0.2) is 127 Å². The van der Waals surface area contributed by atoms with Gasteiger partial charge >= 0.3 is 0 Å². The van der Waals surface area contributed by atoms with Crippen LogP contribution >= 0.6 is 0 Å². The molecule has 0 saturated heterocycles. The van der Waals surface area contributed by atoms with Gasteiger partial charge in [-0.05, 0) is 48.5 Å². The molecule has 1 aliphatic heterocycles. The Hall–Kier alpha value is -4.50. The van der Waals surface area contributed by atoms with Crippen LogP contribution in [0.2, 0.25) is 0 Å². The van der Waals surface area contributed by atoms with E-state index >= 15 is 0 Å². The van der Waals surface area contributed by atoms with Gasteiger partial charge in [-0.15, -0.1) is 0 Å². The number of rotatable bonds is 4. The van der Waals surface area contributed by atoms with Gasteiger partial charge in [0.2, 0.25) is 0 Å². The lowest BCUT2D eigenvalue weighted by molar-refractivity contribution is 0.481. The van der Waals surface area contributed by atoms with Crippen molar-refractivity contribution < 1.29 is 4.74 Å². The maximum atomic E-state index is 6.23. The second-order valence-corrected chi connectivity index (χ2v) is 7.93. The van der Waals surface area contributed by atoms with E-state index in [-0.39, 0.29) is 0 Å². The topological polar surface area (TPSA) is 24.5 Å². The van der Waals surface area contributed by atoms with Crippen LogP contribution in [0.25, 0.3) is 11.1 Å². The van der Waals surface area contributed by atoms with Gasteiger partial charge in [0.05, 0.1) is 17.1 Å². The van der Waals surface area contributed by atoms with Crippen LogP contribution in [0, 0.1) is 0 Å². The molecule has 0 spiro atoms. The van der Waals surface area contributed by atoms with Gasteiger partial charge in [0.25, 0.3) is 0 Å². The number of para-hydroxylation sites is 6. The molecule has 0 saturated carbocycles. The highest BCUT2D eigenvalue weighted by atomic mass is 16.5. The summed E-state index contributed by atoms with van der Waals surface area (Å²) in [5.74, 6) is 1.66. The number of benzene rings is 5. The Morgan fingerprint density at radius 2 is 1.06 bits per heavy atom. The van der Waals surface area contributed by atoms with Gasteiger partial charge in [-0.25, -0.2) is 0 Å². The molecule has 0 aromatic heterocycles. The summed E-state index contributed by atoms with van der Waals surface area (Å²) in [5, 5.41) is 3.61. The minimum Gasteiger partial charge on any atom is -0.453 e. The van der Waals surface area contributed by atoms with Crippen molar-refractivity contribution >= 4 is 28.4 Å². The van der Waals surface area contributed by atoms with Crippen LogP contribution in [-0.2, 0) is 0 Å². The van der Waals surface area contributed by atoms with Crippen molar-refractivity contribution in [1.82, 2.24) is 0 Å². The van der Waals surface area contributed by atoms with E-state index in [9.17, 15) is 0 Å². The first-order valence-electron chi connectivity index (χ1n) is 11.0. The number of hydrogen-bond acceptors (Lipinski definition) is 3. The zero-order chi connectivity index (χ0) is 22.0. The summed E-state index contributed by atoms with van der Waals surface area (Å²) in [4.78, 5) is 2.30. The van der Waals surface area contributed by atoms with Gasteiger partial charge in [-0.1, -0.05) is 78.9 Å². The van der Waals surface area contributed by atoms with Crippen molar-refractivity contribution in [3.63, 3.8) is 0 Å². The van der Waals surface area contributed by atoms with Gasteiger partial charge in [0.15, 0.2) is 11.5 Å². The second-order valence-electron chi connectivity index (χ2n) is 7.93. The zero-order valence-electron chi connectivity index (χ0n) is 18.0. The maximum Gasteiger partial charge on any atom is 0.151 e. The fraction of sp³-hybridized carbons (Fsp3) is 0. The molecule has 0 aliphatic carbocycles. The van der Waals surface area contributed by atoms with Crippen molar-refractivity contribution in [3.05, 3.63) is 127 Å². The van der Waals surface area contributed by atoms with Crippen molar-refractivity contribution in [1.29, 1.82) is 0 Å². The molecule has 158 valence electrons. The Kier molecular flexibility index (Phi) is 4.78. The number of hydrogen-bond donors (Lipinski definition) is 1. The number of ether oxygens (including phenoxy) is 1. The summed E-state index contributed by atoms with van der Waals surface area (Å²) in [6, 6.07) is 43.7. The highest BCUT2D eigenvalue weighted by Crippen LogP contribution is 2.49. The summed E-state index contributed by atoms with van der Waals surface area (Å²) < 4.78 is 6.23. The molecule has 0 fully saturated rings. The van der Waals surface area contributed by atoms with Gasteiger partial charge < -0.3 is 15.0 Å². The number of fused-ring (bicyclic) bond motifs is 2. The molecule has 5 aromatic rings. The molecule has 5 aromatic carbocycles. The fourth-order valence-corrected chi connectivity index (χ4v) is 4.36. The molecular weight excluding hydrogens is 404 g/mol. The molecule has 33 heavy (non-hydrogen) atoms. The number of nitrogens with one attached hydrogen (secondary N) is 1. The van der Waals surface area contributed by atoms with Gasteiger partial charge in [0.1, 0.15) is 0 Å². The number of nitrogens with zero attached hydrogens (tertiary/aromatic N) is 1. The van der Waals surface area contributed by atoms with Gasteiger partial charge in [0, 0.05) is 22.5 Å². The Balaban J connectivity index is 1.54. The second kappa shape index (κ2) is 8.21. The summed E-state index contributed by atoms with van der Waals surface area (Å²) in [7, 11) is 0. The smallest absolute Gasteiger partial charge is 0.151 e. The van der Waals surface area contributed by atoms with Crippen molar-refractivity contribution in [2.45, 2.75) is 0 Å². The summed E-state index contributed by atoms with van der Waals surface area (Å²) in [6.45, 7) is 0. The first kappa shape index (κ1) is 19.2. The van der Waals surface area contributed by atoms with E-state index in [0.29, 0.717) is 0 Å². The maximum absolute atomic E-state index is 6.23. The molecule has 3 heteroatoms. The average molecular weight is 427 g/mol. The minimum absolute atomic E-state index is 0.826. The molecule has 0 atom stereocenters. The third-order valence-electron chi connectivity index (χ3n) is 5.86. The standard InChI is InChI=1S/C30H22N2O/c1-3-12-22(13-4-1)32(23-14-5-2-6-15-23)27-19-9-7-16-24(27)25-17-11-21-29-30(25)31-26-18-8-10-20-28(26)33-29/h1-21,31H. The molecule has 0 radical (unpaired) electrons. The van der Waals surface area contributed by atoms with Crippen LogP contribution in [0.3, 0.4) is 0 Å². The largest absolute Gasteiger partial charge is 0.453 e. The lowest BCUT2D eigenvalue weighted by atomic mass is 9.98. The van der Waals surface area contributed by atoms with Crippen molar-refractivity contribution in [3.8, 4) is 22.6 Å². The molecule has 0 bridgehead atoms. The monoisotopic (exact) mass is 426 g/mol. The van der Waals surface area contributed by atoms with E-state index in [2.05, 4.69) is 95.1 Å². The normalized spacial score (nSPS) is 11.5. The van der Waals surface area contributed by atoms with E-state index in [1.165, 1.54) is 0 Å². The molecule has 0 unspecified atom stereocenters. The molecular formula is C30H22N2O. The predicted molar refractivity (Wildman–Crippen MR) is 136 cm³/mol. The third kappa shape index (κ3) is 3.50. The SMILES string of the molecule is c1ccc(N(c2ccccc2)c2ccccc2-c2cccc3c2Nc2ccccc2O3)cc1. The first-order valence-corrected chi connectivity index (χ1v) is 11.0. The zero-order valence-corrected chi connectivity index (χ0v) is 18.0. The molecule has 1 aliphatic rings.